The molecule has 6 atom stereocenters. The molecular weight excluding hydrogens is 654 g/mol. The molecule has 4 aliphatic rings. The number of para-hydroxylation sites is 1. The van der Waals surface area contributed by atoms with Crippen LogP contribution in [0.4, 0.5) is 37.7 Å². The second-order valence-electron chi connectivity index (χ2n) is 13.3. The van der Waals surface area contributed by atoms with Crippen LogP contribution in [0.1, 0.15) is 47.9 Å². The van der Waals surface area contributed by atoms with Crippen LogP contribution in [0.3, 0.4) is 0 Å². The predicted octanol–water partition coefficient (Wildman–Crippen LogP) is 7.17. The van der Waals surface area contributed by atoms with E-state index in [9.17, 15) is 50.6 Å². The summed E-state index contributed by atoms with van der Waals surface area (Å²) < 4.78 is 82.4. The highest BCUT2D eigenvalue weighted by atomic mass is 19.4. The highest BCUT2D eigenvalue weighted by molar-refractivity contribution is 6.25. The Morgan fingerprint density at radius 2 is 1.39 bits per heavy atom. The standard InChI is InChI=1S/C36H28F6N2O5/c1-17-12-18(8-11-27(17)45)29-23-9-10-24-28(25(23)16-26-31(47)44(33(49)34(26,29)2)21-6-4-3-5-7-21)32(48)43(30(24)46)22-14-19(35(37,38)39)13-20(15-22)36(40,41)42/h3-9,11-15,24-26,28-29,45H,10,16H2,1-2H3/t24-,25+,26-,28-,29-,34+/m0/s1. The summed E-state index contributed by atoms with van der Waals surface area (Å²) in [4.78, 5) is 58.1. The Morgan fingerprint density at radius 3 is 1.98 bits per heavy atom. The van der Waals surface area contributed by atoms with Crippen molar-refractivity contribution in [1.29, 1.82) is 0 Å². The fraction of sp³-hybridized carbons (Fsp3) is 0.333. The molecule has 2 heterocycles. The van der Waals surface area contributed by atoms with Crippen molar-refractivity contribution in [3.05, 3.63) is 101 Å². The van der Waals surface area contributed by atoms with Gasteiger partial charge in [0.2, 0.25) is 23.6 Å². The lowest BCUT2D eigenvalue weighted by atomic mass is 9.51. The first-order chi connectivity index (χ1) is 22.9. The molecule has 254 valence electrons. The Labute approximate surface area is 275 Å². The number of imide groups is 2. The van der Waals surface area contributed by atoms with Crippen molar-refractivity contribution >= 4 is 35.0 Å². The molecule has 2 aliphatic heterocycles. The van der Waals surface area contributed by atoms with Gasteiger partial charge in [0.05, 0.1) is 45.7 Å². The Hall–Kier alpha value is -4.94. The summed E-state index contributed by atoms with van der Waals surface area (Å²) in [6.07, 6.45) is -8.82. The topological polar surface area (TPSA) is 95.0 Å². The van der Waals surface area contributed by atoms with E-state index in [1.54, 1.807) is 62.4 Å². The number of fused-ring (bicyclic) bond motifs is 4. The lowest BCUT2D eigenvalue weighted by Crippen LogP contribution is -2.48. The number of anilines is 2. The summed E-state index contributed by atoms with van der Waals surface area (Å²) in [6.45, 7) is 3.33. The van der Waals surface area contributed by atoms with Crippen molar-refractivity contribution < 1.29 is 50.6 Å². The summed E-state index contributed by atoms with van der Waals surface area (Å²) in [6, 6.07) is 13.7. The number of aryl methyl sites for hydroxylation is 1. The van der Waals surface area contributed by atoms with Gasteiger partial charge < -0.3 is 5.11 Å². The second-order valence-corrected chi connectivity index (χ2v) is 13.3. The quantitative estimate of drug-likeness (QED) is 0.180. The third-order valence-electron chi connectivity index (χ3n) is 10.7. The monoisotopic (exact) mass is 682 g/mol. The van der Waals surface area contributed by atoms with E-state index in [2.05, 4.69) is 0 Å². The zero-order valence-electron chi connectivity index (χ0n) is 26.0. The van der Waals surface area contributed by atoms with Gasteiger partial charge in [-0.2, -0.15) is 26.3 Å². The molecule has 3 aromatic rings. The van der Waals surface area contributed by atoms with E-state index in [1.807, 2.05) is 0 Å². The number of hydrogen-bond acceptors (Lipinski definition) is 5. The van der Waals surface area contributed by atoms with Crippen LogP contribution in [0.15, 0.2) is 78.4 Å². The average Bonchev–Trinajstić information content (AvgIpc) is 3.41. The predicted molar refractivity (Wildman–Crippen MR) is 163 cm³/mol. The molecule has 0 unspecified atom stereocenters. The molecule has 13 heteroatoms. The summed E-state index contributed by atoms with van der Waals surface area (Å²) in [5.41, 5.74) is -3.60. The maximum absolute atomic E-state index is 14.4. The normalized spacial score (nSPS) is 28.4. The zero-order valence-corrected chi connectivity index (χ0v) is 26.0. The van der Waals surface area contributed by atoms with E-state index in [1.165, 1.54) is 6.07 Å². The lowest BCUT2D eigenvalue weighted by Gasteiger charge is -2.49. The van der Waals surface area contributed by atoms with Crippen LogP contribution in [-0.4, -0.2) is 28.7 Å². The molecule has 0 radical (unpaired) electrons. The largest absolute Gasteiger partial charge is 0.508 e. The first kappa shape index (κ1) is 32.6. The van der Waals surface area contributed by atoms with Crippen LogP contribution >= 0.6 is 0 Å². The van der Waals surface area contributed by atoms with Crippen molar-refractivity contribution in [1.82, 2.24) is 0 Å². The van der Waals surface area contributed by atoms with Crippen molar-refractivity contribution in [3.63, 3.8) is 0 Å². The number of rotatable bonds is 3. The van der Waals surface area contributed by atoms with Gasteiger partial charge in [-0.3, -0.25) is 19.2 Å². The number of aromatic hydroxyl groups is 1. The third kappa shape index (κ3) is 4.79. The molecule has 7 rings (SSSR count). The van der Waals surface area contributed by atoms with Crippen LogP contribution in [0.2, 0.25) is 0 Å². The molecule has 1 N–H and O–H groups in total. The molecule has 0 aromatic heterocycles. The molecule has 0 spiro atoms. The molecule has 4 amide bonds. The van der Waals surface area contributed by atoms with Gasteiger partial charge >= 0.3 is 12.4 Å². The summed E-state index contributed by atoms with van der Waals surface area (Å²) in [5, 5.41) is 10.3. The Morgan fingerprint density at radius 1 is 0.755 bits per heavy atom. The molecule has 2 saturated heterocycles. The van der Waals surface area contributed by atoms with Gasteiger partial charge in [-0.15, -0.1) is 0 Å². The smallest absolute Gasteiger partial charge is 0.416 e. The van der Waals surface area contributed by atoms with Crippen LogP contribution < -0.4 is 9.80 Å². The highest BCUT2D eigenvalue weighted by Gasteiger charge is 2.67. The fourth-order valence-electron chi connectivity index (χ4n) is 8.40. The van der Waals surface area contributed by atoms with Gasteiger partial charge in [-0.05, 0) is 80.1 Å². The summed E-state index contributed by atoms with van der Waals surface area (Å²) in [5.74, 6) is -7.93. The maximum Gasteiger partial charge on any atom is 0.416 e. The number of phenolic OH excluding ortho intramolecular Hbond substituents is 1. The van der Waals surface area contributed by atoms with Crippen molar-refractivity contribution in [2.45, 2.75) is 45.0 Å². The first-order valence-corrected chi connectivity index (χ1v) is 15.5. The first-order valence-electron chi connectivity index (χ1n) is 15.5. The van der Waals surface area contributed by atoms with Gasteiger partial charge in [-0.1, -0.05) is 42.0 Å². The minimum atomic E-state index is -5.20. The Kier molecular flexibility index (Phi) is 7.17. The number of amides is 4. The van der Waals surface area contributed by atoms with E-state index in [0.29, 0.717) is 39.4 Å². The number of carbonyl (C=O) groups excluding carboxylic acids is 4. The lowest BCUT2D eigenvalue weighted by molar-refractivity contribution is -0.143. The average molecular weight is 683 g/mol. The van der Waals surface area contributed by atoms with Crippen LogP contribution in [0, 0.1) is 36.0 Å². The van der Waals surface area contributed by atoms with Gasteiger partial charge in [0.15, 0.2) is 0 Å². The molecule has 49 heavy (non-hydrogen) atoms. The van der Waals surface area contributed by atoms with E-state index < -0.39 is 87.8 Å². The fourth-order valence-corrected chi connectivity index (χ4v) is 8.40. The number of phenols is 1. The minimum Gasteiger partial charge on any atom is -0.508 e. The Bertz CT molecular complexity index is 1940. The summed E-state index contributed by atoms with van der Waals surface area (Å²) >= 11 is 0. The molecule has 3 aromatic carbocycles. The van der Waals surface area contributed by atoms with Crippen LogP contribution in [0.25, 0.3) is 0 Å². The summed E-state index contributed by atoms with van der Waals surface area (Å²) in [7, 11) is 0. The number of nitrogens with zero attached hydrogens (tertiary/aromatic N) is 2. The third-order valence-corrected chi connectivity index (χ3v) is 10.7. The highest BCUT2D eigenvalue weighted by Crippen LogP contribution is 2.64. The zero-order chi connectivity index (χ0) is 35.4. The number of hydrogen-bond donors (Lipinski definition) is 1. The van der Waals surface area contributed by atoms with E-state index in [-0.39, 0.29) is 24.7 Å². The minimum absolute atomic E-state index is 0.0123. The van der Waals surface area contributed by atoms with E-state index in [0.717, 1.165) is 4.90 Å². The molecular formula is C36H28F6N2O5. The van der Waals surface area contributed by atoms with Gasteiger partial charge in [-0.25, -0.2) is 9.80 Å². The molecule has 0 bridgehead atoms. The number of benzene rings is 3. The van der Waals surface area contributed by atoms with Gasteiger partial charge in [0.25, 0.3) is 0 Å². The second kappa shape index (κ2) is 10.8. The molecule has 3 fully saturated rings. The van der Waals surface area contributed by atoms with Crippen LogP contribution in [-0.2, 0) is 31.5 Å². The number of allylic oxidation sites excluding steroid dienone is 2. The van der Waals surface area contributed by atoms with Crippen LogP contribution in [0.5, 0.6) is 5.75 Å². The van der Waals surface area contributed by atoms with E-state index >= 15 is 0 Å². The van der Waals surface area contributed by atoms with Crippen molar-refractivity contribution in [3.8, 4) is 5.75 Å². The van der Waals surface area contributed by atoms with Gasteiger partial charge in [0, 0.05) is 5.92 Å². The Balaban J connectivity index is 1.36. The SMILES string of the molecule is Cc1cc([C@H]2C3=CC[C@@H]4C(=O)N(c5cc(C(F)(F)F)cc(C(F)(F)F)c5)C(=O)[C@@H]4[C@@H]3C[C@H]3C(=O)N(c4ccccc4)C(=O)[C@@]23C)ccc1O. The number of carbonyl (C=O) groups is 4. The molecule has 1 saturated carbocycles. The van der Waals surface area contributed by atoms with Gasteiger partial charge in [0.1, 0.15) is 5.75 Å². The number of alkyl halides is 6. The maximum atomic E-state index is 14.4. The van der Waals surface area contributed by atoms with Crippen molar-refractivity contribution in [2.75, 3.05) is 9.80 Å². The van der Waals surface area contributed by atoms with Crippen molar-refractivity contribution in [2.24, 2.45) is 29.1 Å². The molecule has 2 aliphatic carbocycles. The number of halogens is 6. The van der Waals surface area contributed by atoms with E-state index in [4.69, 9.17) is 0 Å². The molecule has 7 nitrogen and oxygen atoms in total.